The minimum Gasteiger partial charge on any atom is -0.481 e. The summed E-state index contributed by atoms with van der Waals surface area (Å²) < 4.78 is 5.20. The van der Waals surface area contributed by atoms with Crippen molar-refractivity contribution in [2.75, 3.05) is 26.7 Å². The highest BCUT2D eigenvalue weighted by Gasteiger charge is 2.35. The Kier molecular flexibility index (Phi) is 4.44. The molecule has 0 unspecified atom stereocenters. The summed E-state index contributed by atoms with van der Waals surface area (Å²) in [5.74, 6) is -0.371. The van der Waals surface area contributed by atoms with Gasteiger partial charge in [-0.15, -0.1) is 0 Å². The molecule has 1 fully saturated rings. The molecule has 2 atom stereocenters. The highest BCUT2D eigenvalue weighted by molar-refractivity contribution is 5.78. The number of hydrogen-bond donors (Lipinski definition) is 1. The monoisotopic (exact) mass is 280 g/mol. The van der Waals surface area contributed by atoms with Gasteiger partial charge in [0.25, 0.3) is 0 Å². The summed E-state index contributed by atoms with van der Waals surface area (Å²) in [6, 6.07) is 3.61. The molecule has 1 aliphatic heterocycles. The lowest BCUT2D eigenvalue weighted by atomic mass is 9.99. The van der Waals surface area contributed by atoms with E-state index < -0.39 is 5.97 Å². The maximum atomic E-state index is 12.1. The van der Waals surface area contributed by atoms with Gasteiger partial charge in [0.2, 0.25) is 5.91 Å². The topological polar surface area (TPSA) is 74.0 Å². The first-order chi connectivity index (χ1) is 9.47. The quantitative estimate of drug-likeness (QED) is 0.867. The van der Waals surface area contributed by atoms with Crippen LogP contribution in [-0.4, -0.2) is 53.5 Å². The summed E-state index contributed by atoms with van der Waals surface area (Å²) in [7, 11) is 1.72. The zero-order valence-electron chi connectivity index (χ0n) is 11.8. The van der Waals surface area contributed by atoms with Gasteiger partial charge >= 0.3 is 5.97 Å². The number of furan rings is 1. The van der Waals surface area contributed by atoms with Crippen LogP contribution in [0.15, 0.2) is 22.8 Å². The lowest BCUT2D eigenvalue weighted by molar-refractivity contribution is -0.142. The Labute approximate surface area is 118 Å². The Bertz CT molecular complexity index is 472. The number of carboxylic acid groups (broad SMARTS) is 1. The van der Waals surface area contributed by atoms with Crippen molar-refractivity contribution in [3.63, 3.8) is 0 Å². The van der Waals surface area contributed by atoms with Crippen molar-refractivity contribution in [2.45, 2.75) is 13.5 Å². The first kappa shape index (κ1) is 14.6. The minimum atomic E-state index is -0.781. The van der Waals surface area contributed by atoms with Gasteiger partial charge in [-0.1, -0.05) is 6.92 Å². The maximum Gasteiger partial charge on any atom is 0.308 e. The summed E-state index contributed by atoms with van der Waals surface area (Å²) in [6.07, 6.45) is 1.58. The van der Waals surface area contributed by atoms with Crippen LogP contribution < -0.4 is 0 Å². The fourth-order valence-electron chi connectivity index (χ4n) is 2.55. The van der Waals surface area contributed by atoms with Crippen LogP contribution in [0, 0.1) is 11.8 Å². The third-order valence-electron chi connectivity index (χ3n) is 3.76. The minimum absolute atomic E-state index is 0.0281. The third-order valence-corrected chi connectivity index (χ3v) is 3.76. The number of nitrogens with zero attached hydrogens (tertiary/aromatic N) is 2. The van der Waals surface area contributed by atoms with Crippen molar-refractivity contribution < 1.29 is 19.1 Å². The first-order valence-corrected chi connectivity index (χ1v) is 6.69. The zero-order chi connectivity index (χ0) is 14.7. The Morgan fingerprint density at radius 2 is 2.25 bits per heavy atom. The molecule has 0 spiro atoms. The Morgan fingerprint density at radius 1 is 1.50 bits per heavy atom. The largest absolute Gasteiger partial charge is 0.481 e. The number of carbonyl (C=O) groups excluding carboxylic acids is 1. The number of hydrogen-bond acceptors (Lipinski definition) is 4. The van der Waals surface area contributed by atoms with E-state index in [0.717, 1.165) is 5.76 Å². The fourth-order valence-corrected chi connectivity index (χ4v) is 2.55. The maximum absolute atomic E-state index is 12.1. The summed E-state index contributed by atoms with van der Waals surface area (Å²) in [4.78, 5) is 26.7. The molecule has 0 radical (unpaired) electrons. The molecule has 0 bridgehead atoms. The highest BCUT2D eigenvalue weighted by atomic mass is 16.4. The van der Waals surface area contributed by atoms with E-state index >= 15 is 0 Å². The first-order valence-electron chi connectivity index (χ1n) is 6.69. The van der Waals surface area contributed by atoms with E-state index in [0.29, 0.717) is 19.6 Å². The van der Waals surface area contributed by atoms with Crippen molar-refractivity contribution >= 4 is 11.9 Å². The van der Waals surface area contributed by atoms with E-state index in [1.807, 2.05) is 17.9 Å². The van der Waals surface area contributed by atoms with Crippen LogP contribution >= 0.6 is 0 Å². The SMILES string of the molecule is C[C@@H]1CN(CC(=O)N(C)Cc2ccco2)C[C@H]1C(=O)O. The van der Waals surface area contributed by atoms with Gasteiger partial charge in [0, 0.05) is 20.1 Å². The average molecular weight is 280 g/mol. The van der Waals surface area contributed by atoms with Crippen LogP contribution in [0.3, 0.4) is 0 Å². The molecular weight excluding hydrogens is 260 g/mol. The standard InChI is InChI=1S/C14H20N2O4/c1-10-6-16(8-12(10)14(18)19)9-13(17)15(2)7-11-4-3-5-20-11/h3-5,10,12H,6-9H2,1-2H3,(H,18,19)/t10-,12-/m1/s1. The van der Waals surface area contributed by atoms with Gasteiger partial charge in [0.1, 0.15) is 5.76 Å². The molecule has 1 N–H and O–H groups in total. The van der Waals surface area contributed by atoms with E-state index in [9.17, 15) is 9.59 Å². The average Bonchev–Trinajstić information content (AvgIpc) is 2.98. The van der Waals surface area contributed by atoms with Gasteiger partial charge in [-0.05, 0) is 18.1 Å². The van der Waals surface area contributed by atoms with E-state index in [4.69, 9.17) is 9.52 Å². The lowest BCUT2D eigenvalue weighted by Gasteiger charge is -2.20. The number of aliphatic carboxylic acids is 1. The molecular formula is C14H20N2O4. The van der Waals surface area contributed by atoms with Gasteiger partial charge in [-0.3, -0.25) is 14.5 Å². The molecule has 0 aromatic carbocycles. The lowest BCUT2D eigenvalue weighted by Crippen LogP contribution is -2.37. The molecule has 6 heteroatoms. The van der Waals surface area contributed by atoms with Crippen molar-refractivity contribution in [1.29, 1.82) is 0 Å². The Hall–Kier alpha value is -1.82. The third kappa shape index (κ3) is 3.39. The van der Waals surface area contributed by atoms with Gasteiger partial charge in [0.05, 0.1) is 25.3 Å². The van der Waals surface area contributed by atoms with Crippen molar-refractivity contribution in [3.05, 3.63) is 24.2 Å². The smallest absolute Gasteiger partial charge is 0.308 e. The van der Waals surface area contributed by atoms with Crippen molar-refractivity contribution in [2.24, 2.45) is 11.8 Å². The molecule has 110 valence electrons. The number of rotatable bonds is 5. The van der Waals surface area contributed by atoms with Gasteiger partial charge in [0.15, 0.2) is 0 Å². The number of carboxylic acids is 1. The summed E-state index contributed by atoms with van der Waals surface area (Å²) in [6.45, 7) is 3.69. The van der Waals surface area contributed by atoms with Crippen LogP contribution in [-0.2, 0) is 16.1 Å². The van der Waals surface area contributed by atoms with Crippen LogP contribution in [0.4, 0.5) is 0 Å². The van der Waals surface area contributed by atoms with E-state index in [2.05, 4.69) is 0 Å². The molecule has 0 aliphatic carbocycles. The van der Waals surface area contributed by atoms with Gasteiger partial charge in [-0.2, -0.15) is 0 Å². The predicted octanol–water partition coefficient (Wildman–Crippen LogP) is 0.891. The van der Waals surface area contributed by atoms with Gasteiger partial charge < -0.3 is 14.4 Å². The molecule has 6 nitrogen and oxygen atoms in total. The molecule has 2 heterocycles. The second-order valence-corrected chi connectivity index (χ2v) is 5.45. The summed E-state index contributed by atoms with van der Waals surface area (Å²) >= 11 is 0. The molecule has 2 rings (SSSR count). The van der Waals surface area contributed by atoms with Crippen molar-refractivity contribution in [1.82, 2.24) is 9.80 Å². The Morgan fingerprint density at radius 3 is 2.80 bits per heavy atom. The molecule has 1 saturated heterocycles. The predicted molar refractivity (Wildman–Crippen MR) is 71.9 cm³/mol. The number of likely N-dealkylation sites (tertiary alicyclic amines) is 1. The number of amides is 1. The van der Waals surface area contributed by atoms with E-state index in [1.165, 1.54) is 0 Å². The molecule has 1 aromatic heterocycles. The summed E-state index contributed by atoms with van der Waals surface area (Å²) in [5.41, 5.74) is 0. The van der Waals surface area contributed by atoms with Crippen LogP contribution in [0.1, 0.15) is 12.7 Å². The van der Waals surface area contributed by atoms with E-state index in [1.54, 1.807) is 24.3 Å². The number of likely N-dealkylation sites (N-methyl/N-ethyl adjacent to an activating group) is 1. The fraction of sp³-hybridized carbons (Fsp3) is 0.571. The second kappa shape index (κ2) is 6.09. The van der Waals surface area contributed by atoms with Gasteiger partial charge in [-0.25, -0.2) is 0 Å². The van der Waals surface area contributed by atoms with Crippen LogP contribution in [0.5, 0.6) is 0 Å². The Balaban J connectivity index is 1.84. The molecule has 0 saturated carbocycles. The molecule has 1 amide bonds. The zero-order valence-corrected chi connectivity index (χ0v) is 11.8. The van der Waals surface area contributed by atoms with E-state index in [-0.39, 0.29) is 24.3 Å². The van der Waals surface area contributed by atoms with Crippen LogP contribution in [0.2, 0.25) is 0 Å². The number of carbonyl (C=O) groups is 2. The molecule has 1 aromatic rings. The van der Waals surface area contributed by atoms with Crippen LogP contribution in [0.25, 0.3) is 0 Å². The normalized spacial score (nSPS) is 22.9. The second-order valence-electron chi connectivity index (χ2n) is 5.45. The summed E-state index contributed by atoms with van der Waals surface area (Å²) in [5, 5.41) is 9.08. The molecule has 1 aliphatic rings. The highest BCUT2D eigenvalue weighted by Crippen LogP contribution is 2.22. The molecule has 20 heavy (non-hydrogen) atoms. The van der Waals surface area contributed by atoms with Crippen molar-refractivity contribution in [3.8, 4) is 0 Å².